The summed E-state index contributed by atoms with van der Waals surface area (Å²) < 4.78 is 0. The van der Waals surface area contributed by atoms with Crippen LogP contribution in [0.3, 0.4) is 0 Å². The SMILES string of the molecule is N#CCCNC(=O)c1cc([N+](=O)[O-])ccc1Cl. The van der Waals surface area contributed by atoms with Crippen molar-refractivity contribution in [1.29, 1.82) is 5.26 Å². The first-order valence-electron chi connectivity index (χ1n) is 4.65. The van der Waals surface area contributed by atoms with Crippen LogP contribution in [0.15, 0.2) is 18.2 Å². The smallest absolute Gasteiger partial charge is 0.270 e. The number of rotatable bonds is 4. The van der Waals surface area contributed by atoms with Gasteiger partial charge in [0.15, 0.2) is 0 Å². The van der Waals surface area contributed by atoms with Gasteiger partial charge in [-0.1, -0.05) is 11.6 Å². The second-order valence-electron chi connectivity index (χ2n) is 3.09. The largest absolute Gasteiger partial charge is 0.351 e. The highest BCUT2D eigenvalue weighted by Gasteiger charge is 2.15. The fraction of sp³-hybridized carbons (Fsp3) is 0.200. The van der Waals surface area contributed by atoms with Crippen molar-refractivity contribution in [3.63, 3.8) is 0 Å². The van der Waals surface area contributed by atoms with Crippen molar-refractivity contribution in [2.24, 2.45) is 0 Å². The third-order valence-corrected chi connectivity index (χ3v) is 2.26. The predicted octanol–water partition coefficient (Wildman–Crippen LogP) is 1.89. The molecule has 0 fully saturated rings. The molecule has 0 aromatic heterocycles. The predicted molar refractivity (Wildman–Crippen MR) is 60.7 cm³/mol. The van der Waals surface area contributed by atoms with Gasteiger partial charge >= 0.3 is 0 Å². The van der Waals surface area contributed by atoms with Crippen LogP contribution in [0.2, 0.25) is 5.02 Å². The van der Waals surface area contributed by atoms with E-state index < -0.39 is 10.8 Å². The number of benzene rings is 1. The van der Waals surface area contributed by atoms with E-state index in [1.165, 1.54) is 12.1 Å². The van der Waals surface area contributed by atoms with Crippen LogP contribution in [0.25, 0.3) is 0 Å². The van der Waals surface area contributed by atoms with E-state index in [0.717, 1.165) is 6.07 Å². The number of carbonyl (C=O) groups is 1. The van der Waals surface area contributed by atoms with Gasteiger partial charge in [0.05, 0.1) is 28.0 Å². The van der Waals surface area contributed by atoms with Crippen LogP contribution in [0, 0.1) is 21.4 Å². The number of nitro benzene ring substituents is 1. The van der Waals surface area contributed by atoms with Crippen molar-refractivity contribution in [3.05, 3.63) is 38.9 Å². The zero-order valence-corrected chi connectivity index (χ0v) is 9.40. The van der Waals surface area contributed by atoms with Gasteiger partial charge < -0.3 is 5.32 Å². The van der Waals surface area contributed by atoms with Crippen molar-refractivity contribution in [3.8, 4) is 6.07 Å². The van der Waals surface area contributed by atoms with Gasteiger partial charge in [-0.15, -0.1) is 0 Å². The Labute approximate surface area is 102 Å². The van der Waals surface area contributed by atoms with E-state index in [2.05, 4.69) is 5.32 Å². The normalized spacial score (nSPS) is 9.41. The average molecular weight is 254 g/mol. The number of nitro groups is 1. The Kier molecular flexibility index (Phi) is 4.43. The number of hydrogen-bond acceptors (Lipinski definition) is 4. The van der Waals surface area contributed by atoms with E-state index in [0.29, 0.717) is 0 Å². The molecule has 0 saturated heterocycles. The quantitative estimate of drug-likeness (QED) is 0.503. The molecule has 7 heteroatoms. The summed E-state index contributed by atoms with van der Waals surface area (Å²) in [5, 5.41) is 21.4. The minimum atomic E-state index is -0.609. The zero-order valence-electron chi connectivity index (χ0n) is 8.64. The molecule has 0 radical (unpaired) electrons. The molecule has 0 aliphatic rings. The third kappa shape index (κ3) is 3.43. The summed E-state index contributed by atoms with van der Waals surface area (Å²) in [6, 6.07) is 5.47. The van der Waals surface area contributed by atoms with Crippen molar-refractivity contribution in [2.45, 2.75) is 6.42 Å². The zero-order chi connectivity index (χ0) is 12.8. The maximum atomic E-state index is 11.6. The van der Waals surface area contributed by atoms with Crippen molar-refractivity contribution in [1.82, 2.24) is 5.32 Å². The minimum Gasteiger partial charge on any atom is -0.351 e. The van der Waals surface area contributed by atoms with E-state index >= 15 is 0 Å². The summed E-state index contributed by atoms with van der Waals surface area (Å²) in [5.74, 6) is -0.533. The number of nitriles is 1. The molecule has 0 atom stereocenters. The molecule has 1 aromatic carbocycles. The number of amides is 1. The van der Waals surface area contributed by atoms with Gasteiger partial charge in [0.2, 0.25) is 0 Å². The Balaban J connectivity index is 2.89. The topological polar surface area (TPSA) is 96.0 Å². The Morgan fingerprint density at radius 1 is 1.59 bits per heavy atom. The van der Waals surface area contributed by atoms with Crippen LogP contribution in [-0.4, -0.2) is 17.4 Å². The number of halogens is 1. The Morgan fingerprint density at radius 3 is 2.88 bits per heavy atom. The molecule has 1 amide bonds. The lowest BCUT2D eigenvalue weighted by atomic mass is 10.2. The number of non-ortho nitro benzene ring substituents is 1. The Morgan fingerprint density at radius 2 is 2.29 bits per heavy atom. The highest BCUT2D eigenvalue weighted by molar-refractivity contribution is 6.33. The summed E-state index contributed by atoms with van der Waals surface area (Å²) >= 11 is 5.76. The maximum Gasteiger partial charge on any atom is 0.270 e. The summed E-state index contributed by atoms with van der Waals surface area (Å²) in [4.78, 5) is 21.5. The van der Waals surface area contributed by atoms with Gasteiger partial charge in [-0.2, -0.15) is 5.26 Å². The monoisotopic (exact) mass is 253 g/mol. The van der Waals surface area contributed by atoms with E-state index in [4.69, 9.17) is 16.9 Å². The summed E-state index contributed by atoms with van der Waals surface area (Å²) in [5.41, 5.74) is -0.182. The van der Waals surface area contributed by atoms with Crippen molar-refractivity contribution < 1.29 is 9.72 Å². The van der Waals surface area contributed by atoms with Gasteiger partial charge in [0.1, 0.15) is 0 Å². The van der Waals surface area contributed by atoms with Crippen LogP contribution >= 0.6 is 11.6 Å². The first-order chi connectivity index (χ1) is 8.06. The second kappa shape index (κ2) is 5.82. The first-order valence-corrected chi connectivity index (χ1v) is 5.03. The molecule has 17 heavy (non-hydrogen) atoms. The second-order valence-corrected chi connectivity index (χ2v) is 3.49. The molecular formula is C10H8ClN3O3. The van der Waals surface area contributed by atoms with Gasteiger partial charge in [-0.05, 0) is 6.07 Å². The highest BCUT2D eigenvalue weighted by Crippen LogP contribution is 2.21. The lowest BCUT2D eigenvalue weighted by Gasteiger charge is -2.04. The third-order valence-electron chi connectivity index (χ3n) is 1.93. The minimum absolute atomic E-state index is 0.0267. The van der Waals surface area contributed by atoms with Crippen LogP contribution in [0.5, 0.6) is 0 Å². The average Bonchev–Trinajstić information content (AvgIpc) is 2.29. The Hall–Kier alpha value is -2.13. The lowest BCUT2D eigenvalue weighted by Crippen LogP contribution is -2.24. The molecule has 1 rings (SSSR count). The van der Waals surface area contributed by atoms with Crippen molar-refractivity contribution in [2.75, 3.05) is 6.54 Å². The molecule has 0 unspecified atom stereocenters. The fourth-order valence-corrected chi connectivity index (χ4v) is 1.33. The summed E-state index contributed by atoms with van der Waals surface area (Å²) in [6.07, 6.45) is 0.165. The maximum absolute atomic E-state index is 11.6. The van der Waals surface area contributed by atoms with Crippen LogP contribution < -0.4 is 5.32 Å². The lowest BCUT2D eigenvalue weighted by molar-refractivity contribution is -0.384. The molecule has 0 aliphatic heterocycles. The molecule has 0 heterocycles. The molecule has 1 aromatic rings. The van der Waals surface area contributed by atoms with E-state index in [1.807, 2.05) is 6.07 Å². The molecule has 0 saturated carbocycles. The number of hydrogen-bond donors (Lipinski definition) is 1. The molecular weight excluding hydrogens is 246 g/mol. The summed E-state index contributed by atoms with van der Waals surface area (Å²) in [6.45, 7) is 0.175. The standard InChI is InChI=1S/C10H8ClN3O3/c11-9-3-2-7(14(16)17)6-8(9)10(15)13-5-1-4-12/h2-3,6H,1,5H2,(H,13,15). The van der Waals surface area contributed by atoms with Gasteiger partial charge in [-0.25, -0.2) is 0 Å². The molecule has 0 bridgehead atoms. The summed E-state index contributed by atoms with van der Waals surface area (Å²) in [7, 11) is 0. The highest BCUT2D eigenvalue weighted by atomic mass is 35.5. The van der Waals surface area contributed by atoms with Gasteiger partial charge in [-0.3, -0.25) is 14.9 Å². The van der Waals surface area contributed by atoms with Gasteiger partial charge in [0.25, 0.3) is 11.6 Å². The van der Waals surface area contributed by atoms with Gasteiger partial charge in [0, 0.05) is 18.7 Å². The van der Waals surface area contributed by atoms with Crippen LogP contribution in [0.4, 0.5) is 5.69 Å². The first kappa shape index (κ1) is 12.9. The Bertz CT molecular complexity index is 496. The number of carbonyl (C=O) groups excluding carboxylic acids is 1. The fourth-order valence-electron chi connectivity index (χ4n) is 1.13. The van der Waals surface area contributed by atoms with Crippen molar-refractivity contribution >= 4 is 23.2 Å². The number of nitrogens with zero attached hydrogens (tertiary/aromatic N) is 2. The van der Waals surface area contributed by atoms with E-state index in [-0.39, 0.29) is 29.2 Å². The van der Waals surface area contributed by atoms with Crippen LogP contribution in [-0.2, 0) is 0 Å². The van der Waals surface area contributed by atoms with E-state index in [1.54, 1.807) is 0 Å². The molecule has 88 valence electrons. The van der Waals surface area contributed by atoms with E-state index in [9.17, 15) is 14.9 Å². The molecule has 6 nitrogen and oxygen atoms in total. The number of nitrogens with one attached hydrogen (secondary N) is 1. The van der Waals surface area contributed by atoms with Crippen LogP contribution in [0.1, 0.15) is 16.8 Å². The molecule has 1 N–H and O–H groups in total. The molecule has 0 spiro atoms. The molecule has 0 aliphatic carbocycles.